The Labute approximate surface area is 249 Å². The summed E-state index contributed by atoms with van der Waals surface area (Å²) in [5.41, 5.74) is -7.94. The van der Waals surface area contributed by atoms with Crippen LogP contribution in [-0.4, -0.2) is 103 Å². The summed E-state index contributed by atoms with van der Waals surface area (Å²) >= 11 is 0. The van der Waals surface area contributed by atoms with Crippen LogP contribution in [-0.2, 0) is 33.3 Å². The third-order valence-electron chi connectivity index (χ3n) is 14.5. The number of hydrogen-bond acceptors (Lipinski definition) is 12. The van der Waals surface area contributed by atoms with Crippen LogP contribution in [0.1, 0.15) is 60.8 Å². The molecule has 12 heteroatoms. The van der Waals surface area contributed by atoms with Crippen molar-refractivity contribution in [3.05, 3.63) is 0 Å². The molecule has 3 saturated heterocycles. The minimum Gasteiger partial charge on any atom is -0.462 e. The smallest absolute Gasteiger partial charge is 0.341 e. The molecule has 8 rings (SSSR count). The fourth-order valence-corrected chi connectivity index (χ4v) is 12.8. The van der Waals surface area contributed by atoms with Crippen molar-refractivity contribution in [2.45, 2.75) is 121 Å². The van der Waals surface area contributed by atoms with Gasteiger partial charge in [-0.05, 0) is 56.8 Å². The second kappa shape index (κ2) is 7.82. The molecule has 5 saturated carbocycles. The van der Waals surface area contributed by atoms with Crippen LogP contribution in [0, 0.1) is 51.8 Å². The van der Waals surface area contributed by atoms with Gasteiger partial charge < -0.3 is 44.5 Å². The lowest BCUT2D eigenvalue weighted by Gasteiger charge is -2.66. The van der Waals surface area contributed by atoms with Gasteiger partial charge in [0.1, 0.15) is 24.1 Å². The van der Waals surface area contributed by atoms with Crippen LogP contribution >= 0.6 is 0 Å². The SMILES string of the molecule is CC(=O)O[C@H]1CC2C([C@@H]3[C@@H](O)[C@@H]4[C@H]([C@H](C)[C@H]5O[C@]56OC(=O)[C@@](C)(O)[C@]46C)[C@@]13C)[C@@H](O)C[C@@]1(O)C[C@@H]3O[C@@H]3[C@H](O)[C@]21C(C)=O. The third kappa shape index (κ3) is 2.73. The van der Waals surface area contributed by atoms with Gasteiger partial charge in [0, 0.05) is 31.1 Å². The van der Waals surface area contributed by atoms with Gasteiger partial charge in [0.15, 0.2) is 5.60 Å². The minimum absolute atomic E-state index is 0.0481. The Morgan fingerprint density at radius 1 is 1.00 bits per heavy atom. The van der Waals surface area contributed by atoms with Gasteiger partial charge in [-0.15, -0.1) is 0 Å². The molecule has 5 aliphatic carbocycles. The van der Waals surface area contributed by atoms with Gasteiger partial charge in [0.2, 0.25) is 5.79 Å². The van der Waals surface area contributed by atoms with E-state index in [1.165, 1.54) is 20.8 Å². The Morgan fingerprint density at radius 3 is 2.30 bits per heavy atom. The molecule has 0 aromatic heterocycles. The summed E-state index contributed by atoms with van der Waals surface area (Å²) in [5, 5.41) is 60.1. The fraction of sp³-hybridized carbons (Fsp3) is 0.903. The summed E-state index contributed by atoms with van der Waals surface area (Å²) in [5.74, 6) is -7.31. The molecule has 43 heavy (non-hydrogen) atoms. The lowest BCUT2D eigenvalue weighted by molar-refractivity contribution is -0.277. The maximum Gasteiger partial charge on any atom is 0.341 e. The van der Waals surface area contributed by atoms with Gasteiger partial charge in [-0.1, -0.05) is 13.8 Å². The average Bonchev–Trinajstić information content (AvgIpc) is 3.79. The molecule has 5 N–H and O–H groups in total. The Hall–Kier alpha value is -1.67. The number of esters is 2. The first-order valence-corrected chi connectivity index (χ1v) is 15.6. The summed E-state index contributed by atoms with van der Waals surface area (Å²) in [4.78, 5) is 39.6. The van der Waals surface area contributed by atoms with Crippen molar-refractivity contribution >= 4 is 17.7 Å². The second-order valence-electron chi connectivity index (χ2n) is 15.7. The summed E-state index contributed by atoms with van der Waals surface area (Å²) in [6.45, 7) is 9.56. The lowest BCUT2D eigenvalue weighted by Crippen LogP contribution is -2.76. The van der Waals surface area contributed by atoms with Crippen molar-refractivity contribution in [3.63, 3.8) is 0 Å². The Bertz CT molecular complexity index is 1350. The molecule has 0 amide bonds. The highest BCUT2D eigenvalue weighted by Crippen LogP contribution is 2.80. The number of rotatable bonds is 2. The van der Waals surface area contributed by atoms with Gasteiger partial charge in [-0.3, -0.25) is 9.59 Å². The van der Waals surface area contributed by atoms with Crippen LogP contribution in [0.2, 0.25) is 0 Å². The number of Topliss-reactive ketones (excluding diaryl/α,β-unsaturated/α-hetero) is 1. The van der Waals surface area contributed by atoms with Crippen molar-refractivity contribution in [3.8, 4) is 0 Å². The molecule has 19 atom stereocenters. The van der Waals surface area contributed by atoms with Crippen molar-refractivity contribution in [1.29, 1.82) is 0 Å². The number of ether oxygens (including phenoxy) is 4. The number of fused-ring (bicyclic) bond motifs is 9. The molecule has 3 aliphatic heterocycles. The van der Waals surface area contributed by atoms with Gasteiger partial charge >= 0.3 is 11.9 Å². The Morgan fingerprint density at radius 2 is 1.67 bits per heavy atom. The van der Waals surface area contributed by atoms with Crippen molar-refractivity contribution in [1.82, 2.24) is 0 Å². The molecule has 0 radical (unpaired) electrons. The van der Waals surface area contributed by atoms with E-state index >= 15 is 0 Å². The minimum atomic E-state index is -2.02. The first-order chi connectivity index (χ1) is 19.9. The quantitative estimate of drug-likeness (QED) is 0.199. The maximum atomic E-state index is 13.8. The van der Waals surface area contributed by atoms with Crippen molar-refractivity contribution < 1.29 is 58.9 Å². The van der Waals surface area contributed by atoms with Crippen molar-refractivity contribution in [2.75, 3.05) is 0 Å². The van der Waals surface area contributed by atoms with E-state index < -0.39 is 123 Å². The van der Waals surface area contributed by atoms with Crippen LogP contribution < -0.4 is 0 Å². The third-order valence-corrected chi connectivity index (χ3v) is 14.5. The van der Waals surface area contributed by atoms with E-state index in [1.54, 1.807) is 6.92 Å². The lowest BCUT2D eigenvalue weighted by atomic mass is 9.39. The summed E-state index contributed by atoms with van der Waals surface area (Å²) in [7, 11) is 0. The molecular formula is C31H42O12. The molecule has 12 nitrogen and oxygen atoms in total. The largest absolute Gasteiger partial charge is 0.462 e. The first kappa shape index (κ1) is 28.8. The highest BCUT2D eigenvalue weighted by atomic mass is 16.8. The van der Waals surface area contributed by atoms with Gasteiger partial charge in [0.25, 0.3) is 0 Å². The molecule has 238 valence electrons. The Balaban J connectivity index is 1.34. The zero-order valence-electron chi connectivity index (χ0n) is 25.2. The maximum absolute atomic E-state index is 13.8. The fourth-order valence-electron chi connectivity index (χ4n) is 12.8. The van der Waals surface area contributed by atoms with E-state index in [2.05, 4.69) is 0 Å². The number of carbonyl (C=O) groups is 3. The van der Waals surface area contributed by atoms with Gasteiger partial charge in [-0.25, -0.2) is 4.79 Å². The normalized spacial score (nSPS) is 65.4. The zero-order valence-corrected chi connectivity index (χ0v) is 25.2. The monoisotopic (exact) mass is 606 g/mol. The van der Waals surface area contributed by atoms with E-state index in [-0.39, 0.29) is 25.2 Å². The number of hydrogen-bond donors (Lipinski definition) is 5. The predicted octanol–water partition coefficient (Wildman–Crippen LogP) is -0.554. The highest BCUT2D eigenvalue weighted by Gasteiger charge is 2.92. The van der Waals surface area contributed by atoms with Gasteiger partial charge in [0.05, 0.1) is 40.8 Å². The molecule has 2 unspecified atom stereocenters. The average molecular weight is 607 g/mol. The summed E-state index contributed by atoms with van der Waals surface area (Å²) in [6, 6.07) is 0. The van der Waals surface area contributed by atoms with Crippen LogP contribution in [0.25, 0.3) is 0 Å². The predicted molar refractivity (Wildman–Crippen MR) is 141 cm³/mol. The van der Waals surface area contributed by atoms with Crippen LogP contribution in [0.4, 0.5) is 0 Å². The summed E-state index contributed by atoms with van der Waals surface area (Å²) < 4.78 is 23.7. The van der Waals surface area contributed by atoms with E-state index in [1.807, 2.05) is 13.8 Å². The highest BCUT2D eigenvalue weighted by molar-refractivity contribution is 5.86. The molecule has 0 aromatic carbocycles. The summed E-state index contributed by atoms with van der Waals surface area (Å²) in [6.07, 6.45) is -6.41. The molecule has 8 fully saturated rings. The number of aliphatic hydroxyl groups is 5. The molecule has 0 aromatic rings. The topological polar surface area (TPSA) is 196 Å². The van der Waals surface area contributed by atoms with Crippen LogP contribution in [0.3, 0.4) is 0 Å². The molecule has 0 bridgehead atoms. The van der Waals surface area contributed by atoms with E-state index in [4.69, 9.17) is 18.9 Å². The zero-order chi connectivity index (χ0) is 31.2. The Kier molecular flexibility index (Phi) is 5.23. The van der Waals surface area contributed by atoms with Crippen LogP contribution in [0.15, 0.2) is 0 Å². The number of ketones is 1. The molecule has 1 spiro atoms. The van der Waals surface area contributed by atoms with Crippen LogP contribution in [0.5, 0.6) is 0 Å². The number of epoxide rings is 2. The van der Waals surface area contributed by atoms with Gasteiger partial charge in [-0.2, -0.15) is 0 Å². The number of carbonyl (C=O) groups excluding carboxylic acids is 3. The van der Waals surface area contributed by atoms with Crippen molar-refractivity contribution in [2.24, 2.45) is 51.8 Å². The molecule has 3 heterocycles. The van der Waals surface area contributed by atoms with E-state index in [9.17, 15) is 39.9 Å². The van der Waals surface area contributed by atoms with E-state index in [0.717, 1.165) is 0 Å². The standard InChI is InChI=1S/C31H42O12/c1-10-18-20(27(5)28(6,38)25(37)43-31(27)24(10)42-31)21(35)19-17-13(7-16(26(18,19)4)40-12(3)33)30(11(2)32)23(36)22-15(41-22)9-29(30,39)8-14(17)34/h10,13-24,34-36,38-39H,7-9H2,1-6H3/t10-,13?,14-,15-,16-,17?,18-,19+,20-,21+,22-,23-,24+,26+,27-,28+,29+,30-,31-/m0/s1. The van der Waals surface area contributed by atoms with E-state index in [0.29, 0.717) is 0 Å². The second-order valence-corrected chi connectivity index (χ2v) is 15.7. The first-order valence-electron chi connectivity index (χ1n) is 15.6. The number of aliphatic hydroxyl groups excluding tert-OH is 3. The molecular weight excluding hydrogens is 564 g/mol. The molecule has 8 aliphatic rings.